The van der Waals surface area contributed by atoms with E-state index in [2.05, 4.69) is 4.98 Å². The summed E-state index contributed by atoms with van der Waals surface area (Å²) in [5.74, 6) is 0. The molecule has 22 heavy (non-hydrogen) atoms. The Morgan fingerprint density at radius 1 is 1.50 bits per heavy atom. The summed E-state index contributed by atoms with van der Waals surface area (Å²) in [4.78, 5) is 25.7. The molecule has 0 aromatic carbocycles. The van der Waals surface area contributed by atoms with Gasteiger partial charge in [0.25, 0.3) is 5.56 Å². The summed E-state index contributed by atoms with van der Waals surface area (Å²) in [5.41, 5.74) is -1.89. The smallest absolute Gasteiger partial charge is 0.330 e. The third kappa shape index (κ3) is 2.14. The molecule has 122 valence electrons. The van der Waals surface area contributed by atoms with Gasteiger partial charge in [-0.2, -0.15) is 0 Å². The molecule has 1 aromatic heterocycles. The van der Waals surface area contributed by atoms with Crippen LogP contribution in [0.15, 0.2) is 15.8 Å². The van der Waals surface area contributed by atoms with Crippen molar-refractivity contribution in [1.82, 2.24) is 9.55 Å². The van der Waals surface area contributed by atoms with E-state index in [1.807, 2.05) is 6.92 Å². The second kappa shape index (κ2) is 5.31. The second-order valence-corrected chi connectivity index (χ2v) is 5.99. The molecule has 5 atom stereocenters. The predicted molar refractivity (Wildman–Crippen MR) is 75.6 cm³/mol. The number of hydrogen-bond donors (Lipinski definition) is 3. The van der Waals surface area contributed by atoms with Crippen molar-refractivity contribution in [3.8, 4) is 0 Å². The van der Waals surface area contributed by atoms with Crippen molar-refractivity contribution in [2.75, 3.05) is 6.61 Å². The van der Waals surface area contributed by atoms with Crippen molar-refractivity contribution in [2.24, 2.45) is 0 Å². The summed E-state index contributed by atoms with van der Waals surface area (Å²) in [5, 5.41) is 20.1. The van der Waals surface area contributed by atoms with Crippen LogP contribution >= 0.6 is 0 Å². The fraction of sp³-hybridized carbons (Fsp3) is 0.714. The van der Waals surface area contributed by atoms with E-state index in [1.54, 1.807) is 6.92 Å². The maximum atomic E-state index is 12.0. The maximum absolute atomic E-state index is 12.0. The van der Waals surface area contributed by atoms with Gasteiger partial charge in [-0.15, -0.1) is 0 Å². The Hall–Kier alpha value is -1.48. The molecule has 0 radical (unpaired) electrons. The zero-order chi connectivity index (χ0) is 16.1. The minimum Gasteiger partial charge on any atom is -0.393 e. The van der Waals surface area contributed by atoms with Gasteiger partial charge in [0.1, 0.15) is 17.8 Å². The Labute approximate surface area is 126 Å². The van der Waals surface area contributed by atoms with Gasteiger partial charge in [-0.05, 0) is 13.3 Å². The van der Waals surface area contributed by atoms with Crippen LogP contribution in [0.4, 0.5) is 0 Å². The Kier molecular flexibility index (Phi) is 3.72. The molecule has 2 aliphatic heterocycles. The number of H-pyrrole nitrogens is 1. The molecule has 0 saturated carbocycles. The molecule has 2 bridgehead atoms. The molecule has 0 amide bonds. The molecule has 0 unspecified atom stereocenters. The van der Waals surface area contributed by atoms with Crippen LogP contribution in [0.25, 0.3) is 0 Å². The third-order valence-corrected chi connectivity index (χ3v) is 4.55. The fourth-order valence-electron chi connectivity index (χ4n) is 3.22. The quantitative estimate of drug-likeness (QED) is 0.662. The molecule has 2 aliphatic rings. The van der Waals surface area contributed by atoms with Gasteiger partial charge in [-0.1, -0.05) is 6.92 Å². The molecule has 0 spiro atoms. The Morgan fingerprint density at radius 2 is 2.23 bits per heavy atom. The standard InChI is InChI=1S/C14H20N2O6/c1-3-8-4-14(6-17)10(18)9(21-8)12(22-14)16-5-7(2)11(19)15-13(16)20/h5,8-10,12,17-18H,3-4,6H2,1-2H3,(H,15,19,20)/t8-,9+,10-,12+,14+/m0/s1. The van der Waals surface area contributed by atoms with Gasteiger partial charge < -0.3 is 19.7 Å². The minimum absolute atomic E-state index is 0.162. The molecular weight excluding hydrogens is 292 g/mol. The topological polar surface area (TPSA) is 114 Å². The second-order valence-electron chi connectivity index (χ2n) is 5.99. The highest BCUT2D eigenvalue weighted by molar-refractivity contribution is 5.09. The van der Waals surface area contributed by atoms with Crippen LogP contribution in [-0.2, 0) is 9.47 Å². The van der Waals surface area contributed by atoms with Gasteiger partial charge >= 0.3 is 5.69 Å². The Balaban J connectivity index is 2.05. The van der Waals surface area contributed by atoms with Crippen molar-refractivity contribution >= 4 is 0 Å². The SMILES string of the molecule is CC[C@H]1C[C@]2(CO)O[C@@H](n3cc(C)c(=O)[nH]c3=O)[C@H](O1)[C@@H]2O. The molecule has 3 heterocycles. The van der Waals surface area contributed by atoms with Crippen LogP contribution in [0.5, 0.6) is 0 Å². The van der Waals surface area contributed by atoms with Crippen LogP contribution in [0.1, 0.15) is 31.6 Å². The fourth-order valence-corrected chi connectivity index (χ4v) is 3.22. The van der Waals surface area contributed by atoms with E-state index < -0.39 is 35.3 Å². The summed E-state index contributed by atoms with van der Waals surface area (Å²) in [6, 6.07) is 0. The molecule has 3 rings (SSSR count). The highest BCUT2D eigenvalue weighted by Crippen LogP contribution is 2.46. The van der Waals surface area contributed by atoms with Gasteiger partial charge in [0.05, 0.1) is 12.7 Å². The number of aryl methyl sites for hydroxylation is 1. The number of rotatable bonds is 3. The van der Waals surface area contributed by atoms with Gasteiger partial charge in [-0.25, -0.2) is 4.79 Å². The number of aliphatic hydroxyl groups is 2. The molecular formula is C14H20N2O6. The largest absolute Gasteiger partial charge is 0.393 e. The first-order valence-corrected chi connectivity index (χ1v) is 7.36. The van der Waals surface area contributed by atoms with Crippen molar-refractivity contribution in [1.29, 1.82) is 0 Å². The van der Waals surface area contributed by atoms with Gasteiger partial charge in [0.15, 0.2) is 6.23 Å². The van der Waals surface area contributed by atoms with Crippen LogP contribution in [0, 0.1) is 6.92 Å². The zero-order valence-electron chi connectivity index (χ0n) is 12.5. The number of nitrogens with one attached hydrogen (secondary N) is 1. The molecule has 0 aliphatic carbocycles. The van der Waals surface area contributed by atoms with E-state index in [-0.39, 0.29) is 12.7 Å². The van der Waals surface area contributed by atoms with Crippen LogP contribution in [0.2, 0.25) is 0 Å². The molecule has 1 aromatic rings. The highest BCUT2D eigenvalue weighted by Gasteiger charge is 2.60. The van der Waals surface area contributed by atoms with E-state index in [0.29, 0.717) is 18.4 Å². The first-order valence-electron chi connectivity index (χ1n) is 7.36. The van der Waals surface area contributed by atoms with Crippen molar-refractivity contribution in [3.63, 3.8) is 0 Å². The summed E-state index contributed by atoms with van der Waals surface area (Å²) in [7, 11) is 0. The number of hydrogen-bond acceptors (Lipinski definition) is 6. The van der Waals surface area contributed by atoms with Crippen LogP contribution < -0.4 is 11.2 Å². The van der Waals surface area contributed by atoms with Gasteiger partial charge in [0.2, 0.25) is 0 Å². The summed E-state index contributed by atoms with van der Waals surface area (Å²) in [6.07, 6.45) is -0.411. The predicted octanol–water partition coefficient (Wildman–Crippen LogP) is -0.967. The van der Waals surface area contributed by atoms with Crippen molar-refractivity contribution in [3.05, 3.63) is 32.6 Å². The number of fused-ring (bicyclic) bond motifs is 2. The van der Waals surface area contributed by atoms with Crippen molar-refractivity contribution in [2.45, 2.75) is 56.8 Å². The lowest BCUT2D eigenvalue weighted by Crippen LogP contribution is -2.54. The average Bonchev–Trinajstić information content (AvgIpc) is 2.67. The highest BCUT2D eigenvalue weighted by atomic mass is 16.6. The van der Waals surface area contributed by atoms with Crippen LogP contribution in [-0.4, -0.2) is 50.3 Å². The Bertz CT molecular complexity index is 683. The molecule has 2 saturated heterocycles. The van der Waals surface area contributed by atoms with Crippen molar-refractivity contribution < 1.29 is 19.7 Å². The number of aromatic amines is 1. The van der Waals surface area contributed by atoms with E-state index >= 15 is 0 Å². The molecule has 8 heteroatoms. The van der Waals surface area contributed by atoms with Gasteiger partial charge in [0, 0.05) is 18.2 Å². The Morgan fingerprint density at radius 3 is 2.86 bits per heavy atom. The summed E-state index contributed by atoms with van der Waals surface area (Å²) in [6.45, 7) is 3.15. The number of aromatic nitrogens is 2. The zero-order valence-corrected chi connectivity index (χ0v) is 12.5. The monoisotopic (exact) mass is 312 g/mol. The summed E-state index contributed by atoms with van der Waals surface area (Å²) < 4.78 is 12.9. The normalized spacial score (nSPS) is 37.5. The lowest BCUT2D eigenvalue weighted by Gasteiger charge is -2.38. The molecule has 8 nitrogen and oxygen atoms in total. The average molecular weight is 312 g/mol. The molecule has 3 N–H and O–H groups in total. The number of ether oxygens (including phenoxy) is 2. The lowest BCUT2D eigenvalue weighted by atomic mass is 9.86. The number of nitrogens with zero attached hydrogens (tertiary/aromatic N) is 1. The first kappa shape index (κ1) is 15.4. The number of aliphatic hydroxyl groups excluding tert-OH is 2. The summed E-state index contributed by atoms with van der Waals surface area (Å²) >= 11 is 0. The first-order chi connectivity index (χ1) is 10.4. The van der Waals surface area contributed by atoms with Crippen LogP contribution in [0.3, 0.4) is 0 Å². The molecule has 2 fully saturated rings. The lowest BCUT2D eigenvalue weighted by molar-refractivity contribution is -0.165. The van der Waals surface area contributed by atoms with E-state index in [0.717, 1.165) is 0 Å². The van der Waals surface area contributed by atoms with E-state index in [4.69, 9.17) is 9.47 Å². The third-order valence-electron chi connectivity index (χ3n) is 4.55. The van der Waals surface area contributed by atoms with E-state index in [1.165, 1.54) is 10.8 Å². The maximum Gasteiger partial charge on any atom is 0.330 e. The van der Waals surface area contributed by atoms with Gasteiger partial charge in [-0.3, -0.25) is 14.3 Å². The van der Waals surface area contributed by atoms with E-state index in [9.17, 15) is 19.8 Å². The minimum atomic E-state index is -1.14.